The number of aromatic amines is 1. The Bertz CT molecular complexity index is 1610. The summed E-state index contributed by atoms with van der Waals surface area (Å²) in [5.41, 5.74) is -1.68. The van der Waals surface area contributed by atoms with Crippen molar-refractivity contribution in [2.45, 2.75) is 183 Å². The largest absolute Gasteiger partial charge is 0.394 e. The quantitative estimate of drug-likeness (QED) is 0.0467. The monoisotopic (exact) mass is 844 g/mol. The zero-order valence-corrected chi connectivity index (χ0v) is 33.8. The molecule has 4 heterocycles. The Kier molecular flexibility index (Phi) is 19.1. The summed E-state index contributed by atoms with van der Waals surface area (Å²) in [5.74, 6) is -0.621. The van der Waals surface area contributed by atoms with Gasteiger partial charge in [-0.25, -0.2) is 4.79 Å². The van der Waals surface area contributed by atoms with E-state index in [-0.39, 0.29) is 0 Å². The molecular weight excluding hydrogens is 780 g/mol. The summed E-state index contributed by atoms with van der Waals surface area (Å²) in [6.07, 6.45) is -7.65. The van der Waals surface area contributed by atoms with Gasteiger partial charge >= 0.3 is 5.69 Å². The number of aromatic nitrogens is 2. The van der Waals surface area contributed by atoms with Crippen LogP contribution in [0.25, 0.3) is 0 Å². The molecule has 4 rings (SSSR count). The molecule has 1 aromatic rings. The predicted octanol–water partition coefficient (Wildman–Crippen LogP) is -2.09. The number of H-pyrrole nitrogens is 1. The molecule has 3 aliphatic heterocycles. The summed E-state index contributed by atoms with van der Waals surface area (Å²) in [6.45, 7) is 4.81. The molecule has 0 bridgehead atoms. The Hall–Kier alpha value is -3.12. The minimum absolute atomic E-state index is 0.597. The first kappa shape index (κ1) is 48.5. The number of hydrogen-bond acceptors (Lipinski definition) is 16. The van der Waals surface area contributed by atoms with E-state index in [0.717, 1.165) is 55.4 Å². The summed E-state index contributed by atoms with van der Waals surface area (Å²) in [5, 5.41) is 91.4. The molecular formula is C39H64N4O16. The van der Waals surface area contributed by atoms with Gasteiger partial charge in [-0.05, 0) is 24.8 Å². The van der Waals surface area contributed by atoms with Crippen LogP contribution in [0.3, 0.4) is 0 Å². The van der Waals surface area contributed by atoms with Gasteiger partial charge in [0.05, 0.1) is 18.8 Å². The summed E-state index contributed by atoms with van der Waals surface area (Å²) in [6, 6.07) is -2.01. The van der Waals surface area contributed by atoms with Crippen LogP contribution in [0.1, 0.15) is 97.6 Å². The van der Waals surface area contributed by atoms with Crippen LogP contribution in [0, 0.1) is 5.92 Å². The van der Waals surface area contributed by atoms with Crippen LogP contribution in [0.4, 0.5) is 0 Å². The van der Waals surface area contributed by atoms with Crippen molar-refractivity contribution in [3.05, 3.63) is 45.3 Å². The molecule has 3 saturated heterocycles. The second-order valence-corrected chi connectivity index (χ2v) is 16.1. The fourth-order valence-corrected chi connectivity index (χ4v) is 7.63. The van der Waals surface area contributed by atoms with Crippen molar-refractivity contribution in [3.63, 3.8) is 0 Å². The van der Waals surface area contributed by atoms with Crippen molar-refractivity contribution < 1.29 is 69.4 Å². The van der Waals surface area contributed by atoms with Gasteiger partial charge in [0.15, 0.2) is 18.8 Å². The average Bonchev–Trinajstić information content (AvgIpc) is 3.47. The Balaban J connectivity index is 1.44. The number of carbonyl (C=O) groups is 2. The molecule has 0 aliphatic carbocycles. The lowest BCUT2D eigenvalue weighted by atomic mass is 9.91. The molecule has 3 fully saturated rings. The molecule has 0 unspecified atom stereocenters. The van der Waals surface area contributed by atoms with Gasteiger partial charge in [0.1, 0.15) is 60.9 Å². The molecule has 2 amide bonds. The average molecular weight is 845 g/mol. The molecule has 20 heteroatoms. The van der Waals surface area contributed by atoms with E-state index in [1.807, 2.05) is 4.98 Å². The van der Waals surface area contributed by atoms with E-state index in [1.165, 1.54) is 38.2 Å². The van der Waals surface area contributed by atoms with Gasteiger partial charge in [-0.2, -0.15) is 0 Å². The third kappa shape index (κ3) is 13.4. The van der Waals surface area contributed by atoms with E-state index in [9.17, 15) is 60.0 Å². The molecule has 0 radical (unpaired) electrons. The number of allylic oxidation sites excluding steroid dienone is 1. The minimum atomic E-state index is -1.85. The van der Waals surface area contributed by atoms with Gasteiger partial charge in [0.2, 0.25) is 11.8 Å². The standard InChI is InChI=1S/C39H64N4O16/c1-20(2)14-12-10-8-6-4-5-7-9-11-13-15-25(47)41-28-32(52)29(49)23(56-38(28)59-37-27(40-21(3)45)31(51)30(50)24(19-44)57-37)18-22(46)35-33(53)34(54)36(58-35)43-17-16-26(48)42-39(43)55/h13,15-17,20,22-24,27-38,44,46,49-54H,4-12,14,18-19H2,1-3H3,(H,40,45)(H,41,47)(H,42,48,55)/b15-13+/t22-,23+,24-,27-,28-,29+,30-,31-,32-,33+,34-,35-,36-,37+,38+/m1/s1. The van der Waals surface area contributed by atoms with Crippen LogP contribution in [0.2, 0.25) is 0 Å². The fraction of sp³-hybridized carbons (Fsp3) is 0.795. The number of ether oxygens (including phenoxy) is 4. The second kappa shape index (κ2) is 23.2. The lowest BCUT2D eigenvalue weighted by Crippen LogP contribution is -2.68. The van der Waals surface area contributed by atoms with Crippen molar-refractivity contribution in [2.24, 2.45) is 5.92 Å². The smallest absolute Gasteiger partial charge is 0.330 e. The van der Waals surface area contributed by atoms with E-state index < -0.39 is 128 Å². The number of aliphatic hydroxyl groups is 8. The van der Waals surface area contributed by atoms with Gasteiger partial charge in [-0.15, -0.1) is 0 Å². The van der Waals surface area contributed by atoms with Gasteiger partial charge in [-0.1, -0.05) is 71.3 Å². The van der Waals surface area contributed by atoms with Crippen molar-refractivity contribution in [1.82, 2.24) is 20.2 Å². The van der Waals surface area contributed by atoms with Gasteiger partial charge < -0.3 is 70.4 Å². The van der Waals surface area contributed by atoms with Gasteiger partial charge in [-0.3, -0.25) is 23.9 Å². The highest BCUT2D eigenvalue weighted by atomic mass is 16.8. The van der Waals surface area contributed by atoms with Crippen LogP contribution in [-0.2, 0) is 28.5 Å². The normalized spacial score (nSPS) is 34.3. The zero-order chi connectivity index (χ0) is 43.4. The van der Waals surface area contributed by atoms with Gasteiger partial charge in [0.25, 0.3) is 5.56 Å². The van der Waals surface area contributed by atoms with E-state index in [0.29, 0.717) is 6.42 Å². The first-order chi connectivity index (χ1) is 28.0. The van der Waals surface area contributed by atoms with Gasteiger partial charge in [0, 0.05) is 25.6 Å². The van der Waals surface area contributed by atoms with Crippen molar-refractivity contribution >= 4 is 11.8 Å². The maximum absolute atomic E-state index is 13.1. The number of nitrogens with zero attached hydrogens (tertiary/aromatic N) is 1. The van der Waals surface area contributed by atoms with Crippen molar-refractivity contribution in [2.75, 3.05) is 6.61 Å². The van der Waals surface area contributed by atoms with E-state index in [4.69, 9.17) is 18.9 Å². The molecule has 11 N–H and O–H groups in total. The number of nitrogens with one attached hydrogen (secondary N) is 3. The maximum Gasteiger partial charge on any atom is 0.330 e. The summed E-state index contributed by atoms with van der Waals surface area (Å²) < 4.78 is 24.1. The van der Waals surface area contributed by atoms with Crippen LogP contribution in [-0.4, -0.2) is 155 Å². The fourth-order valence-electron chi connectivity index (χ4n) is 7.63. The number of unbranched alkanes of at least 4 members (excludes halogenated alkanes) is 8. The summed E-state index contributed by atoms with van der Waals surface area (Å²) in [7, 11) is 0. The SMILES string of the molecule is CC(=O)N[C@H]1[C@H](O[C@@H]2O[C@@H](C[C@@H](O)[C@H]3O[C@@H](n4ccc(=O)[nH]c4=O)[C@H](O)[C@@H]3O)[C@H](O)[C@H](O)[C@H]2NC(=O)/C=C/CCCCCCCCCCC(C)C)O[C@H](CO)[C@@H](O)[C@@H]1O. The highest BCUT2D eigenvalue weighted by molar-refractivity contribution is 5.87. The highest BCUT2D eigenvalue weighted by Gasteiger charge is 2.53. The summed E-state index contributed by atoms with van der Waals surface area (Å²) >= 11 is 0. The Morgan fingerprint density at radius 1 is 0.814 bits per heavy atom. The molecule has 3 aliphatic rings. The van der Waals surface area contributed by atoms with Crippen LogP contribution in [0.5, 0.6) is 0 Å². The van der Waals surface area contributed by atoms with E-state index in [1.54, 1.807) is 6.08 Å². The molecule has 336 valence electrons. The molecule has 0 aromatic carbocycles. The molecule has 15 atom stereocenters. The predicted molar refractivity (Wildman–Crippen MR) is 207 cm³/mol. The minimum Gasteiger partial charge on any atom is -0.394 e. The van der Waals surface area contributed by atoms with Crippen LogP contribution < -0.4 is 21.9 Å². The molecule has 59 heavy (non-hydrogen) atoms. The third-order valence-electron chi connectivity index (χ3n) is 11.0. The first-order valence-electron chi connectivity index (χ1n) is 20.6. The number of amides is 2. The van der Waals surface area contributed by atoms with Crippen molar-refractivity contribution in [1.29, 1.82) is 0 Å². The van der Waals surface area contributed by atoms with E-state index >= 15 is 0 Å². The van der Waals surface area contributed by atoms with Crippen molar-refractivity contribution in [3.8, 4) is 0 Å². The zero-order valence-electron chi connectivity index (χ0n) is 33.8. The second-order valence-electron chi connectivity index (χ2n) is 16.1. The molecule has 20 nitrogen and oxygen atoms in total. The van der Waals surface area contributed by atoms with E-state index in [2.05, 4.69) is 24.5 Å². The summed E-state index contributed by atoms with van der Waals surface area (Å²) in [4.78, 5) is 51.1. The number of hydrogen-bond donors (Lipinski definition) is 11. The van der Waals surface area contributed by atoms with Crippen LogP contribution >= 0.6 is 0 Å². The first-order valence-corrected chi connectivity index (χ1v) is 20.6. The number of rotatable bonds is 21. The maximum atomic E-state index is 13.1. The Morgan fingerprint density at radius 2 is 1.39 bits per heavy atom. The Labute approximate surface area is 342 Å². The highest BCUT2D eigenvalue weighted by Crippen LogP contribution is 2.34. The molecule has 0 spiro atoms. The number of aliphatic hydroxyl groups excluding tert-OH is 8. The van der Waals surface area contributed by atoms with Crippen LogP contribution in [0.15, 0.2) is 34.0 Å². The topological polar surface area (TPSA) is 312 Å². The lowest BCUT2D eigenvalue weighted by Gasteiger charge is -2.47. The Morgan fingerprint density at radius 3 is 1.98 bits per heavy atom. The molecule has 1 aromatic heterocycles. The molecule has 0 saturated carbocycles. The number of carbonyl (C=O) groups excluding carboxylic acids is 2. The lowest BCUT2D eigenvalue weighted by molar-refractivity contribution is -0.346. The third-order valence-corrected chi connectivity index (χ3v) is 11.0.